The average molecular weight is 494 g/mol. The summed E-state index contributed by atoms with van der Waals surface area (Å²) in [5.74, 6) is 1.17. The van der Waals surface area contributed by atoms with Crippen LogP contribution in [-0.2, 0) is 17.0 Å². The standard InChI is InChI=1S/C28H31NO3S2/c1-20-8-6-7-11-23(20)25-18-22(19-34-17-14-21-9-4-3-5-10-21)12-13-24(25)27(30)29-26(28(31)32)15-16-33-2/h3-13,18,26H,14-17,19H2,1-2H3,(H,29,30)(H,31,32)/t26-/m0/s1. The van der Waals surface area contributed by atoms with Gasteiger partial charge in [0.25, 0.3) is 5.91 Å². The van der Waals surface area contributed by atoms with E-state index in [-0.39, 0.29) is 5.91 Å². The third-order valence-corrected chi connectivity index (χ3v) is 7.30. The number of aryl methyl sites for hydroxylation is 2. The Balaban J connectivity index is 1.79. The molecular weight excluding hydrogens is 462 g/mol. The number of benzene rings is 3. The fourth-order valence-corrected chi connectivity index (χ4v) is 5.14. The van der Waals surface area contributed by atoms with E-state index in [1.807, 2.05) is 67.4 Å². The van der Waals surface area contributed by atoms with Crippen LogP contribution in [0.15, 0.2) is 72.8 Å². The molecule has 0 unspecified atom stereocenters. The van der Waals surface area contributed by atoms with Gasteiger partial charge in [-0.2, -0.15) is 23.5 Å². The zero-order valence-electron chi connectivity index (χ0n) is 19.6. The number of hydrogen-bond acceptors (Lipinski definition) is 4. The number of nitrogens with one attached hydrogen (secondary N) is 1. The molecule has 0 aliphatic heterocycles. The molecule has 1 amide bonds. The van der Waals surface area contributed by atoms with E-state index >= 15 is 0 Å². The minimum absolute atomic E-state index is 0.352. The van der Waals surface area contributed by atoms with Crippen molar-refractivity contribution in [1.29, 1.82) is 0 Å². The van der Waals surface area contributed by atoms with Crippen molar-refractivity contribution < 1.29 is 14.7 Å². The number of rotatable bonds is 12. The Morgan fingerprint density at radius 3 is 2.35 bits per heavy atom. The lowest BCUT2D eigenvalue weighted by Gasteiger charge is -2.17. The lowest BCUT2D eigenvalue weighted by Crippen LogP contribution is -2.41. The topological polar surface area (TPSA) is 66.4 Å². The Morgan fingerprint density at radius 1 is 0.912 bits per heavy atom. The second-order valence-electron chi connectivity index (χ2n) is 8.13. The average Bonchev–Trinajstić information content (AvgIpc) is 2.85. The molecule has 0 aliphatic rings. The van der Waals surface area contributed by atoms with Crippen molar-refractivity contribution in [3.05, 3.63) is 95.1 Å². The van der Waals surface area contributed by atoms with Gasteiger partial charge in [0.1, 0.15) is 6.04 Å². The van der Waals surface area contributed by atoms with Crippen LogP contribution in [0, 0.1) is 6.92 Å². The maximum Gasteiger partial charge on any atom is 0.326 e. The molecule has 0 bridgehead atoms. The monoisotopic (exact) mass is 493 g/mol. The minimum Gasteiger partial charge on any atom is -0.480 e. The maximum absolute atomic E-state index is 13.2. The number of amides is 1. The summed E-state index contributed by atoms with van der Waals surface area (Å²) in [6, 6.07) is 23.4. The van der Waals surface area contributed by atoms with Crippen molar-refractivity contribution in [3.8, 4) is 11.1 Å². The van der Waals surface area contributed by atoms with Gasteiger partial charge in [0.2, 0.25) is 0 Å². The van der Waals surface area contributed by atoms with E-state index in [0.717, 1.165) is 40.2 Å². The molecule has 178 valence electrons. The predicted molar refractivity (Wildman–Crippen MR) is 145 cm³/mol. The highest BCUT2D eigenvalue weighted by atomic mass is 32.2. The van der Waals surface area contributed by atoms with Gasteiger partial charge in [-0.1, -0.05) is 60.7 Å². The Bertz CT molecular complexity index is 1100. The second-order valence-corrected chi connectivity index (χ2v) is 10.2. The van der Waals surface area contributed by atoms with Crippen molar-refractivity contribution in [1.82, 2.24) is 5.32 Å². The summed E-state index contributed by atoms with van der Waals surface area (Å²) in [7, 11) is 0. The summed E-state index contributed by atoms with van der Waals surface area (Å²) in [5, 5.41) is 12.3. The highest BCUT2D eigenvalue weighted by Crippen LogP contribution is 2.29. The summed E-state index contributed by atoms with van der Waals surface area (Å²) in [6.45, 7) is 2.02. The Morgan fingerprint density at radius 2 is 1.65 bits per heavy atom. The molecule has 3 aromatic rings. The zero-order valence-corrected chi connectivity index (χ0v) is 21.3. The van der Waals surface area contributed by atoms with E-state index in [4.69, 9.17) is 0 Å². The molecule has 3 rings (SSSR count). The number of carboxylic acids is 1. The third kappa shape index (κ3) is 7.40. The highest BCUT2D eigenvalue weighted by Gasteiger charge is 2.22. The summed E-state index contributed by atoms with van der Waals surface area (Å²) in [6.07, 6.45) is 3.33. The van der Waals surface area contributed by atoms with Crippen molar-refractivity contribution >= 4 is 35.4 Å². The van der Waals surface area contributed by atoms with E-state index in [1.165, 1.54) is 5.56 Å². The van der Waals surface area contributed by atoms with Gasteiger partial charge in [-0.3, -0.25) is 4.79 Å². The van der Waals surface area contributed by atoms with E-state index < -0.39 is 12.0 Å². The molecule has 4 nitrogen and oxygen atoms in total. The van der Waals surface area contributed by atoms with Crippen LogP contribution in [0.1, 0.15) is 33.5 Å². The van der Waals surface area contributed by atoms with Crippen LogP contribution in [0.25, 0.3) is 11.1 Å². The Labute approximate surface area is 210 Å². The molecular formula is C28H31NO3S2. The smallest absolute Gasteiger partial charge is 0.326 e. The first kappa shape index (κ1) is 25.9. The first-order valence-corrected chi connectivity index (χ1v) is 13.9. The quantitative estimate of drug-likeness (QED) is 0.300. The van der Waals surface area contributed by atoms with Crippen LogP contribution in [0.4, 0.5) is 0 Å². The van der Waals surface area contributed by atoms with Crippen molar-refractivity contribution in [2.75, 3.05) is 17.8 Å². The van der Waals surface area contributed by atoms with Gasteiger partial charge >= 0.3 is 5.97 Å². The predicted octanol–water partition coefficient (Wildman–Crippen LogP) is 6.07. The van der Waals surface area contributed by atoms with E-state index in [2.05, 4.69) is 35.6 Å². The third-order valence-electron chi connectivity index (χ3n) is 5.62. The molecule has 0 radical (unpaired) electrons. The Kier molecular flexibility index (Phi) is 10.1. The van der Waals surface area contributed by atoms with Gasteiger partial charge in [0.15, 0.2) is 0 Å². The molecule has 0 fully saturated rings. The van der Waals surface area contributed by atoms with Crippen LogP contribution >= 0.6 is 23.5 Å². The van der Waals surface area contributed by atoms with Crippen molar-refractivity contribution in [3.63, 3.8) is 0 Å². The van der Waals surface area contributed by atoms with Crippen LogP contribution in [-0.4, -0.2) is 40.8 Å². The molecule has 0 spiro atoms. The van der Waals surface area contributed by atoms with Gasteiger partial charge < -0.3 is 10.4 Å². The maximum atomic E-state index is 13.2. The lowest BCUT2D eigenvalue weighted by atomic mass is 9.94. The molecule has 0 heterocycles. The van der Waals surface area contributed by atoms with Crippen LogP contribution < -0.4 is 5.32 Å². The molecule has 0 saturated heterocycles. The van der Waals surface area contributed by atoms with Crippen molar-refractivity contribution in [2.24, 2.45) is 0 Å². The zero-order chi connectivity index (χ0) is 24.3. The van der Waals surface area contributed by atoms with E-state index in [9.17, 15) is 14.7 Å². The summed E-state index contributed by atoms with van der Waals surface area (Å²) in [4.78, 5) is 24.8. The molecule has 6 heteroatoms. The van der Waals surface area contributed by atoms with Crippen molar-refractivity contribution in [2.45, 2.75) is 31.6 Å². The summed E-state index contributed by atoms with van der Waals surface area (Å²) in [5.41, 5.74) is 5.87. The van der Waals surface area contributed by atoms with E-state index in [0.29, 0.717) is 17.7 Å². The van der Waals surface area contributed by atoms with Crippen LogP contribution in [0.2, 0.25) is 0 Å². The van der Waals surface area contributed by atoms with Gasteiger partial charge in [-0.15, -0.1) is 0 Å². The summed E-state index contributed by atoms with van der Waals surface area (Å²) < 4.78 is 0. The molecule has 34 heavy (non-hydrogen) atoms. The minimum atomic E-state index is -1.01. The lowest BCUT2D eigenvalue weighted by molar-refractivity contribution is -0.139. The normalized spacial score (nSPS) is 11.7. The number of carbonyl (C=O) groups is 2. The fraction of sp³-hybridized carbons (Fsp3) is 0.286. The molecule has 0 aromatic heterocycles. The largest absolute Gasteiger partial charge is 0.480 e. The molecule has 1 atom stereocenters. The number of aliphatic carboxylic acids is 1. The molecule has 0 aliphatic carbocycles. The SMILES string of the molecule is CSCC[C@H](NC(=O)c1ccc(CSCCc2ccccc2)cc1-c1ccccc1C)C(=O)O. The molecule has 0 saturated carbocycles. The van der Waals surface area contributed by atoms with Gasteiger partial charge in [-0.05, 0) is 77.5 Å². The van der Waals surface area contributed by atoms with Crippen LogP contribution in [0.3, 0.4) is 0 Å². The Hall–Kier alpha value is -2.70. The fourth-order valence-electron chi connectivity index (χ4n) is 3.73. The second kappa shape index (κ2) is 13.3. The molecule has 3 aromatic carbocycles. The number of carbonyl (C=O) groups excluding carboxylic acids is 1. The highest BCUT2D eigenvalue weighted by molar-refractivity contribution is 7.98. The number of thioether (sulfide) groups is 2. The van der Waals surface area contributed by atoms with Gasteiger partial charge in [0.05, 0.1) is 0 Å². The van der Waals surface area contributed by atoms with Gasteiger partial charge in [0, 0.05) is 11.3 Å². The summed E-state index contributed by atoms with van der Waals surface area (Å²) >= 11 is 3.43. The first-order chi connectivity index (χ1) is 16.5. The molecule has 2 N–H and O–H groups in total. The number of carboxylic acid groups (broad SMARTS) is 1. The first-order valence-electron chi connectivity index (χ1n) is 11.3. The van der Waals surface area contributed by atoms with Gasteiger partial charge in [-0.25, -0.2) is 4.79 Å². The van der Waals surface area contributed by atoms with Crippen LogP contribution in [0.5, 0.6) is 0 Å². The van der Waals surface area contributed by atoms with E-state index in [1.54, 1.807) is 11.8 Å². The number of hydrogen-bond donors (Lipinski definition) is 2.